The number of benzene rings is 1. The summed E-state index contributed by atoms with van der Waals surface area (Å²) in [6, 6.07) is 9.47. The molecule has 0 aliphatic rings. The highest BCUT2D eigenvalue weighted by Crippen LogP contribution is 2.06. The zero-order chi connectivity index (χ0) is 13.7. The van der Waals surface area contributed by atoms with Crippen molar-refractivity contribution in [3.05, 3.63) is 64.7 Å². The van der Waals surface area contributed by atoms with E-state index in [1.54, 1.807) is 18.2 Å². The second-order valence-corrected chi connectivity index (χ2v) is 4.39. The standard InChI is InChI=1S/C14H12ClFN2O/c15-13-5-4-11(9-18-13)14(19)17-7-6-10-2-1-3-12(16)8-10/h1-5,8-9H,6-7H2,(H,17,19). The van der Waals surface area contributed by atoms with Crippen molar-refractivity contribution < 1.29 is 9.18 Å². The lowest BCUT2D eigenvalue weighted by Crippen LogP contribution is -2.25. The lowest BCUT2D eigenvalue weighted by molar-refractivity contribution is 0.0954. The molecular weight excluding hydrogens is 267 g/mol. The summed E-state index contributed by atoms with van der Waals surface area (Å²) >= 11 is 5.64. The number of carbonyl (C=O) groups excluding carboxylic acids is 1. The van der Waals surface area contributed by atoms with Gasteiger partial charge in [0.15, 0.2) is 0 Å². The average molecular weight is 279 g/mol. The quantitative estimate of drug-likeness (QED) is 0.874. The highest BCUT2D eigenvalue weighted by Gasteiger charge is 2.05. The van der Waals surface area contributed by atoms with E-state index in [-0.39, 0.29) is 11.7 Å². The van der Waals surface area contributed by atoms with Crippen LogP contribution in [0.3, 0.4) is 0 Å². The number of rotatable bonds is 4. The smallest absolute Gasteiger partial charge is 0.252 e. The summed E-state index contributed by atoms with van der Waals surface area (Å²) in [4.78, 5) is 15.6. The molecule has 0 bridgehead atoms. The normalized spacial score (nSPS) is 10.2. The Labute approximate surface area is 115 Å². The third-order valence-corrected chi connectivity index (χ3v) is 2.80. The van der Waals surface area contributed by atoms with E-state index >= 15 is 0 Å². The first-order valence-corrected chi connectivity index (χ1v) is 6.17. The van der Waals surface area contributed by atoms with Gasteiger partial charge >= 0.3 is 0 Å². The number of aromatic nitrogens is 1. The monoisotopic (exact) mass is 278 g/mol. The molecule has 1 aromatic heterocycles. The Hall–Kier alpha value is -1.94. The Morgan fingerprint density at radius 3 is 2.84 bits per heavy atom. The lowest BCUT2D eigenvalue weighted by Gasteiger charge is -2.05. The molecule has 19 heavy (non-hydrogen) atoms. The highest BCUT2D eigenvalue weighted by molar-refractivity contribution is 6.29. The van der Waals surface area contributed by atoms with E-state index in [0.29, 0.717) is 23.7 Å². The van der Waals surface area contributed by atoms with Crippen LogP contribution in [0.1, 0.15) is 15.9 Å². The zero-order valence-corrected chi connectivity index (χ0v) is 10.8. The van der Waals surface area contributed by atoms with Crippen LogP contribution < -0.4 is 5.32 Å². The van der Waals surface area contributed by atoms with Crippen LogP contribution in [0.4, 0.5) is 4.39 Å². The minimum atomic E-state index is -0.272. The first-order valence-electron chi connectivity index (χ1n) is 5.79. The first-order chi connectivity index (χ1) is 9.15. The predicted molar refractivity (Wildman–Crippen MR) is 71.7 cm³/mol. The maximum Gasteiger partial charge on any atom is 0.252 e. The van der Waals surface area contributed by atoms with Crippen molar-refractivity contribution in [2.75, 3.05) is 6.54 Å². The summed E-state index contributed by atoms with van der Waals surface area (Å²) < 4.78 is 12.9. The molecule has 2 rings (SSSR count). The number of carbonyl (C=O) groups is 1. The molecule has 3 nitrogen and oxygen atoms in total. The third kappa shape index (κ3) is 4.03. The molecule has 5 heteroatoms. The molecule has 0 aliphatic carbocycles. The number of nitrogens with zero attached hydrogens (tertiary/aromatic N) is 1. The van der Waals surface area contributed by atoms with Gasteiger partial charge in [-0.25, -0.2) is 9.37 Å². The van der Waals surface area contributed by atoms with E-state index in [0.717, 1.165) is 5.56 Å². The largest absolute Gasteiger partial charge is 0.352 e. The summed E-state index contributed by atoms with van der Waals surface area (Å²) in [5.41, 5.74) is 1.29. The third-order valence-electron chi connectivity index (χ3n) is 2.58. The van der Waals surface area contributed by atoms with Crippen molar-refractivity contribution >= 4 is 17.5 Å². The SMILES string of the molecule is O=C(NCCc1cccc(F)c1)c1ccc(Cl)nc1. The van der Waals surface area contributed by atoms with Crippen molar-refractivity contribution in [1.29, 1.82) is 0 Å². The molecule has 0 unspecified atom stereocenters. The molecule has 0 saturated heterocycles. The van der Waals surface area contributed by atoms with Crippen molar-refractivity contribution in [3.63, 3.8) is 0 Å². The van der Waals surface area contributed by atoms with E-state index < -0.39 is 0 Å². The second kappa shape index (κ2) is 6.29. The molecule has 1 N–H and O–H groups in total. The Bertz CT molecular complexity index is 572. The van der Waals surface area contributed by atoms with Gasteiger partial charge in [0.25, 0.3) is 5.91 Å². The summed E-state index contributed by atoms with van der Waals surface area (Å²) in [5, 5.41) is 3.09. The number of pyridine rings is 1. The molecule has 0 saturated carbocycles. The molecule has 1 amide bonds. The van der Waals surface area contributed by atoms with Gasteiger partial charge in [-0.05, 0) is 36.2 Å². The number of hydrogen-bond donors (Lipinski definition) is 1. The highest BCUT2D eigenvalue weighted by atomic mass is 35.5. The summed E-state index contributed by atoms with van der Waals surface area (Å²) in [7, 11) is 0. The van der Waals surface area contributed by atoms with E-state index in [2.05, 4.69) is 10.3 Å². The van der Waals surface area contributed by atoms with Gasteiger partial charge in [-0.3, -0.25) is 4.79 Å². The van der Waals surface area contributed by atoms with Gasteiger partial charge < -0.3 is 5.32 Å². The fourth-order valence-electron chi connectivity index (χ4n) is 1.63. The topological polar surface area (TPSA) is 42.0 Å². The van der Waals surface area contributed by atoms with Crippen molar-refractivity contribution in [1.82, 2.24) is 10.3 Å². The number of amides is 1. The van der Waals surface area contributed by atoms with Gasteiger partial charge in [0.1, 0.15) is 11.0 Å². The van der Waals surface area contributed by atoms with Crippen LogP contribution in [0.2, 0.25) is 5.15 Å². The van der Waals surface area contributed by atoms with Gasteiger partial charge in [-0.1, -0.05) is 23.7 Å². The molecule has 0 fully saturated rings. The molecule has 0 radical (unpaired) electrons. The molecule has 0 spiro atoms. The summed E-state index contributed by atoms with van der Waals surface area (Å²) in [5.74, 6) is -0.494. The fourth-order valence-corrected chi connectivity index (χ4v) is 1.74. The Morgan fingerprint density at radius 1 is 1.32 bits per heavy atom. The number of hydrogen-bond acceptors (Lipinski definition) is 2. The Kier molecular flexibility index (Phi) is 4.47. The van der Waals surface area contributed by atoms with Crippen molar-refractivity contribution in [2.24, 2.45) is 0 Å². The number of halogens is 2. The van der Waals surface area contributed by atoms with Crippen LogP contribution in [0.15, 0.2) is 42.6 Å². The summed E-state index contributed by atoms with van der Waals surface area (Å²) in [6.07, 6.45) is 1.99. The van der Waals surface area contributed by atoms with Gasteiger partial charge in [0, 0.05) is 12.7 Å². The van der Waals surface area contributed by atoms with Crippen LogP contribution in [0.5, 0.6) is 0 Å². The average Bonchev–Trinajstić information content (AvgIpc) is 2.39. The number of nitrogens with one attached hydrogen (secondary N) is 1. The van der Waals surface area contributed by atoms with E-state index in [1.807, 2.05) is 6.07 Å². The van der Waals surface area contributed by atoms with Gasteiger partial charge in [-0.15, -0.1) is 0 Å². The molecule has 0 aliphatic heterocycles. The van der Waals surface area contributed by atoms with Crippen LogP contribution in [0, 0.1) is 5.82 Å². The maximum absolute atomic E-state index is 12.9. The Morgan fingerprint density at radius 2 is 2.16 bits per heavy atom. The Balaban J connectivity index is 1.86. The zero-order valence-electron chi connectivity index (χ0n) is 10.1. The van der Waals surface area contributed by atoms with E-state index in [9.17, 15) is 9.18 Å². The summed E-state index contributed by atoms with van der Waals surface area (Å²) in [6.45, 7) is 0.435. The minimum absolute atomic E-state index is 0.222. The molecular formula is C14H12ClFN2O. The maximum atomic E-state index is 12.9. The van der Waals surface area contributed by atoms with Crippen LogP contribution in [0.25, 0.3) is 0 Å². The van der Waals surface area contributed by atoms with Gasteiger partial charge in [0.2, 0.25) is 0 Å². The first kappa shape index (κ1) is 13.5. The molecule has 1 aromatic carbocycles. The molecule has 98 valence electrons. The van der Waals surface area contributed by atoms with E-state index in [4.69, 9.17) is 11.6 Å². The fraction of sp³-hybridized carbons (Fsp3) is 0.143. The predicted octanol–water partition coefficient (Wildman–Crippen LogP) is 2.85. The van der Waals surface area contributed by atoms with Crippen LogP contribution in [-0.2, 0) is 6.42 Å². The van der Waals surface area contributed by atoms with E-state index in [1.165, 1.54) is 18.3 Å². The van der Waals surface area contributed by atoms with Gasteiger partial charge in [-0.2, -0.15) is 0 Å². The second-order valence-electron chi connectivity index (χ2n) is 4.01. The lowest BCUT2D eigenvalue weighted by atomic mass is 10.1. The van der Waals surface area contributed by atoms with Crippen LogP contribution >= 0.6 is 11.6 Å². The molecule has 0 atom stereocenters. The molecule has 1 heterocycles. The van der Waals surface area contributed by atoms with Crippen molar-refractivity contribution in [3.8, 4) is 0 Å². The minimum Gasteiger partial charge on any atom is -0.352 e. The van der Waals surface area contributed by atoms with Crippen LogP contribution in [-0.4, -0.2) is 17.4 Å². The van der Waals surface area contributed by atoms with Crippen molar-refractivity contribution in [2.45, 2.75) is 6.42 Å². The van der Waals surface area contributed by atoms with Gasteiger partial charge in [0.05, 0.1) is 5.56 Å². The molecule has 2 aromatic rings.